The van der Waals surface area contributed by atoms with Crippen molar-refractivity contribution in [1.29, 1.82) is 0 Å². The average Bonchev–Trinajstić information content (AvgIpc) is 2.45. The number of amides is 1. The Hall–Kier alpha value is -1.79. The highest BCUT2D eigenvalue weighted by atomic mass is 19.1. The van der Waals surface area contributed by atoms with Crippen molar-refractivity contribution < 1.29 is 13.9 Å². The van der Waals surface area contributed by atoms with Gasteiger partial charge < -0.3 is 15.8 Å². The quantitative estimate of drug-likeness (QED) is 0.663. The Labute approximate surface area is 118 Å². The van der Waals surface area contributed by atoms with Gasteiger partial charge in [0.15, 0.2) is 0 Å². The lowest BCUT2D eigenvalue weighted by Crippen LogP contribution is -2.28. The number of carbonyl (C=O) groups is 1. The molecule has 1 aromatic carbocycles. The number of rotatable bonds is 9. The number of alkyl halides is 1. The summed E-state index contributed by atoms with van der Waals surface area (Å²) in [4.78, 5) is 14.3. The summed E-state index contributed by atoms with van der Waals surface area (Å²) in [6, 6.07) is 6.85. The van der Waals surface area contributed by atoms with E-state index in [-0.39, 0.29) is 6.54 Å². The smallest absolute Gasteiger partial charge is 0.231 e. The van der Waals surface area contributed by atoms with E-state index in [4.69, 9.17) is 10.5 Å². The van der Waals surface area contributed by atoms with Gasteiger partial charge in [-0.3, -0.25) is 9.79 Å². The number of nitrogens with zero attached hydrogens (tertiary/aromatic N) is 1. The minimum atomic E-state index is -0.621. The first-order valence-corrected chi connectivity index (χ1v) is 6.24. The number of aliphatic imine (C=N–C) groups is 1. The van der Waals surface area contributed by atoms with Crippen molar-refractivity contribution in [3.8, 4) is 0 Å². The molecule has 0 saturated heterocycles. The zero-order valence-corrected chi connectivity index (χ0v) is 11.5. The van der Waals surface area contributed by atoms with Gasteiger partial charge in [0.1, 0.15) is 18.8 Å². The summed E-state index contributed by atoms with van der Waals surface area (Å²) in [7, 11) is 1.51. The van der Waals surface area contributed by atoms with Gasteiger partial charge in [0.05, 0.1) is 6.54 Å². The number of nitrogens with one attached hydrogen (secondary N) is 1. The molecule has 0 spiro atoms. The summed E-state index contributed by atoms with van der Waals surface area (Å²) < 4.78 is 18.1. The molecule has 6 heteroatoms. The lowest BCUT2D eigenvalue weighted by atomic mass is 10.0. The number of hydrogen-bond donors (Lipinski definition) is 2. The summed E-state index contributed by atoms with van der Waals surface area (Å²) in [5.41, 5.74) is 6.86. The minimum Gasteiger partial charge on any atom is -0.374 e. The number of primary amides is 1. The normalized spacial score (nSPS) is 13.7. The van der Waals surface area contributed by atoms with Crippen LogP contribution in [0.4, 0.5) is 4.39 Å². The Morgan fingerprint density at radius 2 is 2.15 bits per heavy atom. The Bertz CT molecular complexity index is 437. The summed E-state index contributed by atoms with van der Waals surface area (Å²) in [5.74, 6) is -0.399. The predicted octanol–water partition coefficient (Wildman–Crippen LogP) is 0.988. The lowest BCUT2D eigenvalue weighted by Gasteiger charge is -2.20. The molecule has 0 aliphatic rings. The highest BCUT2D eigenvalue weighted by Gasteiger charge is 2.21. The second-order valence-electron chi connectivity index (χ2n) is 4.37. The molecule has 5 nitrogen and oxygen atoms in total. The van der Waals surface area contributed by atoms with Crippen LogP contribution in [-0.4, -0.2) is 39.0 Å². The van der Waals surface area contributed by atoms with Crippen molar-refractivity contribution in [3.63, 3.8) is 0 Å². The molecule has 20 heavy (non-hydrogen) atoms. The largest absolute Gasteiger partial charge is 0.374 e. The number of benzene rings is 1. The van der Waals surface area contributed by atoms with Gasteiger partial charge in [0.25, 0.3) is 0 Å². The molecule has 2 atom stereocenters. The van der Waals surface area contributed by atoms with Crippen LogP contribution in [0, 0.1) is 0 Å². The zero-order chi connectivity index (χ0) is 15.0. The molecule has 0 aromatic heterocycles. The summed E-state index contributed by atoms with van der Waals surface area (Å²) in [5, 5.41) is 2.91. The molecule has 0 fully saturated rings. The van der Waals surface area contributed by atoms with E-state index in [0.29, 0.717) is 6.54 Å². The van der Waals surface area contributed by atoms with Crippen molar-refractivity contribution in [3.05, 3.63) is 35.4 Å². The Kier molecular flexibility index (Phi) is 6.83. The second kappa shape index (κ2) is 8.39. The highest BCUT2D eigenvalue weighted by molar-refractivity contribution is 5.75. The lowest BCUT2D eigenvalue weighted by molar-refractivity contribution is -0.117. The molecule has 0 radical (unpaired) electrons. The Morgan fingerprint density at radius 1 is 1.50 bits per heavy atom. The van der Waals surface area contributed by atoms with Gasteiger partial charge >= 0.3 is 0 Å². The fourth-order valence-electron chi connectivity index (χ4n) is 1.90. The third-order valence-corrected chi connectivity index (χ3v) is 2.93. The van der Waals surface area contributed by atoms with Gasteiger partial charge in [-0.05, 0) is 17.8 Å². The Morgan fingerprint density at radius 3 is 2.60 bits per heavy atom. The summed E-state index contributed by atoms with van der Waals surface area (Å²) in [6.45, 7) is 3.42. The fourth-order valence-corrected chi connectivity index (χ4v) is 1.90. The first kappa shape index (κ1) is 16.3. The number of hydrogen-bond acceptors (Lipinski definition) is 4. The van der Waals surface area contributed by atoms with Crippen LogP contribution in [-0.2, 0) is 16.1 Å². The van der Waals surface area contributed by atoms with Crippen molar-refractivity contribution in [1.82, 2.24) is 5.32 Å². The van der Waals surface area contributed by atoms with Crippen LogP contribution < -0.4 is 11.1 Å². The van der Waals surface area contributed by atoms with Crippen molar-refractivity contribution >= 4 is 12.6 Å². The second-order valence-corrected chi connectivity index (χ2v) is 4.37. The van der Waals surface area contributed by atoms with Crippen LogP contribution in [0.15, 0.2) is 29.3 Å². The summed E-state index contributed by atoms with van der Waals surface area (Å²) >= 11 is 0. The van der Waals surface area contributed by atoms with Gasteiger partial charge in [0, 0.05) is 13.7 Å². The first-order valence-electron chi connectivity index (χ1n) is 6.24. The molecule has 0 saturated carbocycles. The van der Waals surface area contributed by atoms with Gasteiger partial charge in [-0.2, -0.15) is 0 Å². The predicted molar refractivity (Wildman–Crippen MR) is 76.4 cm³/mol. The van der Waals surface area contributed by atoms with E-state index < -0.39 is 24.7 Å². The van der Waals surface area contributed by atoms with E-state index in [2.05, 4.69) is 17.0 Å². The maximum atomic E-state index is 12.8. The number of ether oxygens (including phenoxy) is 1. The molecule has 0 aliphatic heterocycles. The molecule has 1 rings (SSSR count). The maximum Gasteiger partial charge on any atom is 0.231 e. The van der Waals surface area contributed by atoms with E-state index in [1.165, 1.54) is 7.11 Å². The molecular formula is C14H20FN3O2. The van der Waals surface area contributed by atoms with E-state index in [1.807, 2.05) is 24.3 Å². The average molecular weight is 281 g/mol. The molecule has 1 amide bonds. The minimum absolute atomic E-state index is 0.132. The number of halogens is 1. The SMILES string of the molecule is C=N[C@H](CF)[C@H](OC)c1ccc(CNCC(N)=O)cc1. The molecule has 0 aliphatic carbocycles. The van der Waals surface area contributed by atoms with Crippen LogP contribution in [0.1, 0.15) is 17.2 Å². The number of nitrogens with two attached hydrogens (primary N) is 1. The molecular weight excluding hydrogens is 261 g/mol. The van der Waals surface area contributed by atoms with Crippen molar-refractivity contribution in [2.45, 2.75) is 18.7 Å². The molecule has 110 valence electrons. The standard InChI is InChI=1S/C14H20FN3O2/c1-17-12(7-15)14(20-2)11-5-3-10(4-6-11)8-18-9-13(16)19/h3-6,12,14,18H,1,7-9H2,2H3,(H2,16,19)/t12-,14-/m1/s1. The van der Waals surface area contributed by atoms with E-state index >= 15 is 0 Å². The topological polar surface area (TPSA) is 76.7 Å². The van der Waals surface area contributed by atoms with Crippen LogP contribution >= 0.6 is 0 Å². The van der Waals surface area contributed by atoms with Crippen LogP contribution in [0.25, 0.3) is 0 Å². The molecule has 0 unspecified atom stereocenters. The monoisotopic (exact) mass is 281 g/mol. The van der Waals surface area contributed by atoms with E-state index in [0.717, 1.165) is 11.1 Å². The molecule has 3 N–H and O–H groups in total. The fraction of sp³-hybridized carbons (Fsp3) is 0.429. The maximum absolute atomic E-state index is 12.8. The molecule has 0 heterocycles. The first-order chi connectivity index (χ1) is 9.62. The Balaban J connectivity index is 2.68. The summed E-state index contributed by atoms with van der Waals surface area (Å²) in [6.07, 6.45) is -0.454. The van der Waals surface area contributed by atoms with Crippen molar-refractivity contribution in [2.75, 3.05) is 20.3 Å². The zero-order valence-electron chi connectivity index (χ0n) is 11.5. The molecule has 0 bridgehead atoms. The number of carbonyl (C=O) groups excluding carboxylic acids is 1. The van der Waals surface area contributed by atoms with E-state index in [1.54, 1.807) is 0 Å². The van der Waals surface area contributed by atoms with Crippen molar-refractivity contribution in [2.24, 2.45) is 10.7 Å². The van der Waals surface area contributed by atoms with Crippen LogP contribution in [0.5, 0.6) is 0 Å². The van der Waals surface area contributed by atoms with Gasteiger partial charge in [0.2, 0.25) is 5.91 Å². The van der Waals surface area contributed by atoms with Gasteiger partial charge in [-0.25, -0.2) is 4.39 Å². The van der Waals surface area contributed by atoms with E-state index in [9.17, 15) is 9.18 Å². The van der Waals surface area contributed by atoms with Crippen LogP contribution in [0.3, 0.4) is 0 Å². The van der Waals surface area contributed by atoms with Crippen LogP contribution in [0.2, 0.25) is 0 Å². The van der Waals surface area contributed by atoms with Gasteiger partial charge in [-0.1, -0.05) is 24.3 Å². The van der Waals surface area contributed by atoms with Gasteiger partial charge in [-0.15, -0.1) is 0 Å². The number of methoxy groups -OCH3 is 1. The molecule has 1 aromatic rings. The highest BCUT2D eigenvalue weighted by Crippen LogP contribution is 2.23. The third-order valence-electron chi connectivity index (χ3n) is 2.93. The third kappa shape index (κ3) is 4.71.